The standard InChI is InChI=1S/C22H26F2O2/c1-15-5-7-18(8-6-15)21(3)12-17-9-16(10-17)11-20(2,13-21)14-26-19(25)22(4,23)24/h5-8,11-12H,9-10,13-14H2,1-4H3. The molecular formula is C22H26F2O2. The molecule has 4 rings (SSSR count). The van der Waals surface area contributed by atoms with Gasteiger partial charge in [-0.1, -0.05) is 67.0 Å². The summed E-state index contributed by atoms with van der Waals surface area (Å²) in [6.45, 7) is 6.76. The van der Waals surface area contributed by atoms with Crippen molar-refractivity contribution < 1.29 is 18.3 Å². The molecule has 0 aliphatic heterocycles. The van der Waals surface area contributed by atoms with E-state index in [0.29, 0.717) is 13.3 Å². The summed E-state index contributed by atoms with van der Waals surface area (Å²) in [6.07, 6.45) is 7.00. The van der Waals surface area contributed by atoms with Gasteiger partial charge in [0.2, 0.25) is 0 Å². The van der Waals surface area contributed by atoms with Crippen LogP contribution in [0.25, 0.3) is 0 Å². The average Bonchev–Trinajstić information content (AvgIpc) is 2.48. The van der Waals surface area contributed by atoms with E-state index < -0.39 is 17.3 Å². The minimum absolute atomic E-state index is 0.0383. The van der Waals surface area contributed by atoms with Crippen LogP contribution in [0.3, 0.4) is 0 Å². The number of carbonyl (C=O) groups is 1. The number of rotatable bonds is 4. The lowest BCUT2D eigenvalue weighted by Crippen LogP contribution is -2.37. The van der Waals surface area contributed by atoms with E-state index in [4.69, 9.17) is 4.74 Å². The van der Waals surface area contributed by atoms with E-state index in [1.807, 2.05) is 6.92 Å². The Morgan fingerprint density at radius 2 is 1.69 bits per heavy atom. The van der Waals surface area contributed by atoms with Crippen molar-refractivity contribution in [2.45, 2.75) is 58.3 Å². The summed E-state index contributed by atoms with van der Waals surface area (Å²) in [5.41, 5.74) is 4.38. The highest BCUT2D eigenvalue weighted by Crippen LogP contribution is 2.48. The van der Waals surface area contributed by atoms with Crippen LogP contribution in [0.4, 0.5) is 8.78 Å². The van der Waals surface area contributed by atoms with Crippen LogP contribution in [0.1, 0.15) is 51.2 Å². The van der Waals surface area contributed by atoms with E-state index in [0.717, 1.165) is 12.8 Å². The molecule has 1 saturated carbocycles. The number of alkyl halides is 2. The number of esters is 1. The monoisotopic (exact) mass is 360 g/mol. The number of benzene rings is 1. The summed E-state index contributed by atoms with van der Waals surface area (Å²) < 4.78 is 31.4. The first-order chi connectivity index (χ1) is 12.0. The van der Waals surface area contributed by atoms with Gasteiger partial charge in [0.25, 0.3) is 0 Å². The molecule has 2 atom stereocenters. The fraction of sp³-hybridized carbons (Fsp3) is 0.500. The average molecular weight is 360 g/mol. The van der Waals surface area contributed by atoms with Gasteiger partial charge in [0.05, 0.1) is 0 Å². The van der Waals surface area contributed by atoms with Gasteiger partial charge in [0, 0.05) is 17.8 Å². The molecule has 0 amide bonds. The van der Waals surface area contributed by atoms with Crippen LogP contribution in [-0.2, 0) is 14.9 Å². The summed E-state index contributed by atoms with van der Waals surface area (Å²) in [6, 6.07) is 8.44. The smallest absolute Gasteiger partial charge is 0.376 e. The molecule has 1 aromatic carbocycles. The second-order valence-corrected chi connectivity index (χ2v) is 8.54. The number of ether oxygens (including phenoxy) is 1. The molecule has 3 aliphatic carbocycles. The second-order valence-electron chi connectivity index (χ2n) is 8.54. The molecule has 0 saturated heterocycles. The lowest BCUT2D eigenvalue weighted by Gasteiger charge is -2.42. The zero-order valence-corrected chi connectivity index (χ0v) is 15.9. The predicted molar refractivity (Wildman–Crippen MR) is 98.2 cm³/mol. The molecule has 0 heterocycles. The third-order valence-corrected chi connectivity index (χ3v) is 5.36. The van der Waals surface area contributed by atoms with E-state index in [9.17, 15) is 13.6 Å². The maximum Gasteiger partial charge on any atom is 0.376 e. The third kappa shape index (κ3) is 3.89. The molecule has 0 radical (unpaired) electrons. The Balaban J connectivity index is 1.89. The normalized spacial score (nSPS) is 28.2. The summed E-state index contributed by atoms with van der Waals surface area (Å²) >= 11 is 0. The Morgan fingerprint density at radius 1 is 1.12 bits per heavy atom. The van der Waals surface area contributed by atoms with Crippen molar-refractivity contribution in [2.75, 3.05) is 6.61 Å². The highest BCUT2D eigenvalue weighted by Gasteiger charge is 2.41. The van der Waals surface area contributed by atoms with E-state index in [1.165, 1.54) is 22.3 Å². The van der Waals surface area contributed by atoms with Gasteiger partial charge in [-0.15, -0.1) is 0 Å². The lowest BCUT2D eigenvalue weighted by atomic mass is 9.63. The Hall–Kier alpha value is -1.97. The maximum atomic E-state index is 13.2. The predicted octanol–water partition coefficient (Wildman–Crippen LogP) is 5.51. The van der Waals surface area contributed by atoms with Crippen molar-refractivity contribution in [2.24, 2.45) is 5.41 Å². The van der Waals surface area contributed by atoms with Gasteiger partial charge < -0.3 is 4.74 Å². The number of halogens is 2. The zero-order valence-electron chi connectivity index (χ0n) is 15.9. The highest BCUT2D eigenvalue weighted by molar-refractivity contribution is 5.76. The van der Waals surface area contributed by atoms with Crippen LogP contribution < -0.4 is 0 Å². The molecule has 2 nitrogen and oxygen atoms in total. The number of hydrogen-bond acceptors (Lipinski definition) is 2. The number of fused-ring (bicyclic) bond motifs is 4. The Kier molecular flexibility index (Phi) is 4.58. The summed E-state index contributed by atoms with van der Waals surface area (Å²) in [5, 5.41) is 0. The Bertz CT molecular complexity index is 760. The first-order valence-electron chi connectivity index (χ1n) is 9.03. The number of hydrogen-bond donors (Lipinski definition) is 0. The van der Waals surface area contributed by atoms with Crippen molar-refractivity contribution in [3.05, 3.63) is 58.7 Å². The number of aryl methyl sites for hydroxylation is 1. The van der Waals surface area contributed by atoms with Crippen molar-refractivity contribution in [3.8, 4) is 0 Å². The molecular weight excluding hydrogens is 334 g/mol. The largest absolute Gasteiger partial charge is 0.460 e. The van der Waals surface area contributed by atoms with Gasteiger partial charge in [0.1, 0.15) is 6.61 Å². The van der Waals surface area contributed by atoms with E-state index >= 15 is 0 Å². The topological polar surface area (TPSA) is 26.3 Å². The minimum Gasteiger partial charge on any atom is -0.460 e. The lowest BCUT2D eigenvalue weighted by molar-refractivity contribution is -0.172. The van der Waals surface area contributed by atoms with Crippen molar-refractivity contribution >= 4 is 5.97 Å². The van der Waals surface area contributed by atoms with E-state index in [-0.39, 0.29) is 12.0 Å². The Labute approximate surface area is 153 Å². The van der Waals surface area contributed by atoms with Crippen molar-refractivity contribution in [3.63, 3.8) is 0 Å². The molecule has 3 aliphatic rings. The fourth-order valence-corrected chi connectivity index (χ4v) is 4.19. The van der Waals surface area contributed by atoms with Gasteiger partial charge >= 0.3 is 11.9 Å². The first kappa shape index (κ1) is 18.8. The molecule has 1 aromatic rings. The third-order valence-electron chi connectivity index (χ3n) is 5.36. The van der Waals surface area contributed by atoms with Crippen molar-refractivity contribution in [1.82, 2.24) is 0 Å². The number of allylic oxidation sites excluding steroid dienone is 3. The van der Waals surface area contributed by atoms with Crippen LogP contribution in [0.15, 0.2) is 47.6 Å². The van der Waals surface area contributed by atoms with Crippen LogP contribution >= 0.6 is 0 Å². The fourth-order valence-electron chi connectivity index (χ4n) is 4.19. The SMILES string of the molecule is Cc1ccc(C2(C)C=C3CC(=CC(C)(COC(=O)C(C)(F)F)C2)C3)cc1. The van der Waals surface area contributed by atoms with Gasteiger partial charge in [-0.2, -0.15) is 8.78 Å². The van der Waals surface area contributed by atoms with Gasteiger partial charge in [-0.25, -0.2) is 4.79 Å². The van der Waals surface area contributed by atoms with Crippen LogP contribution in [0.5, 0.6) is 0 Å². The summed E-state index contributed by atoms with van der Waals surface area (Å²) in [4.78, 5) is 11.6. The van der Waals surface area contributed by atoms with Gasteiger partial charge in [-0.05, 0) is 31.7 Å². The minimum atomic E-state index is -3.46. The van der Waals surface area contributed by atoms with E-state index in [2.05, 4.69) is 50.3 Å². The van der Waals surface area contributed by atoms with Crippen LogP contribution in [-0.4, -0.2) is 18.5 Å². The van der Waals surface area contributed by atoms with Gasteiger partial charge in [0.15, 0.2) is 0 Å². The zero-order chi connectivity index (χ0) is 19.2. The molecule has 4 heteroatoms. The molecule has 0 aromatic heterocycles. The second kappa shape index (κ2) is 6.33. The molecule has 0 spiro atoms. The van der Waals surface area contributed by atoms with E-state index in [1.54, 1.807) is 0 Å². The maximum absolute atomic E-state index is 13.2. The highest BCUT2D eigenvalue weighted by atomic mass is 19.3. The molecule has 0 N–H and O–H groups in total. The van der Waals surface area contributed by atoms with Crippen molar-refractivity contribution in [1.29, 1.82) is 0 Å². The first-order valence-corrected chi connectivity index (χ1v) is 9.03. The Morgan fingerprint density at radius 3 is 2.27 bits per heavy atom. The molecule has 2 bridgehead atoms. The number of carbonyl (C=O) groups excluding carboxylic acids is 1. The molecule has 1 fully saturated rings. The van der Waals surface area contributed by atoms with Crippen LogP contribution in [0, 0.1) is 12.3 Å². The van der Waals surface area contributed by atoms with Gasteiger partial charge in [-0.3, -0.25) is 0 Å². The van der Waals surface area contributed by atoms with Crippen LogP contribution in [0.2, 0.25) is 0 Å². The molecule has 2 unspecified atom stereocenters. The summed E-state index contributed by atoms with van der Waals surface area (Å²) in [7, 11) is 0. The summed E-state index contributed by atoms with van der Waals surface area (Å²) in [5.74, 6) is -4.92. The quantitative estimate of drug-likeness (QED) is 0.523. The molecule has 26 heavy (non-hydrogen) atoms. The molecule has 140 valence electrons.